The van der Waals surface area contributed by atoms with E-state index in [4.69, 9.17) is 4.74 Å². The molecular weight excluding hydrogens is 304 g/mol. The number of methoxy groups -OCH3 is 1. The highest BCUT2D eigenvalue weighted by Gasteiger charge is 2.31. The fourth-order valence-corrected chi connectivity index (χ4v) is 3.38. The highest BCUT2D eigenvalue weighted by Crippen LogP contribution is 2.33. The van der Waals surface area contributed by atoms with Gasteiger partial charge < -0.3 is 9.84 Å². The number of ether oxygens (including phenoxy) is 1. The van der Waals surface area contributed by atoms with Crippen molar-refractivity contribution in [3.63, 3.8) is 0 Å². The van der Waals surface area contributed by atoms with Gasteiger partial charge in [-0.2, -0.15) is 0 Å². The minimum absolute atomic E-state index is 0.00626. The smallest absolute Gasteiger partial charge is 0.307 e. The van der Waals surface area contributed by atoms with E-state index in [0.29, 0.717) is 6.54 Å². The number of aromatic nitrogens is 1. The second kappa shape index (κ2) is 7.45. The number of aliphatic carboxylic acids is 1. The molecule has 5 heteroatoms. The molecule has 1 aliphatic heterocycles. The Bertz CT molecular complexity index is 673. The number of hydrogen-bond donors (Lipinski definition) is 1. The van der Waals surface area contributed by atoms with Gasteiger partial charge in [-0.05, 0) is 48.7 Å². The van der Waals surface area contributed by atoms with Crippen LogP contribution in [0.1, 0.15) is 30.0 Å². The summed E-state index contributed by atoms with van der Waals surface area (Å²) < 4.78 is 5.24. The summed E-state index contributed by atoms with van der Waals surface area (Å²) in [5.41, 5.74) is 2.20. The van der Waals surface area contributed by atoms with Crippen molar-refractivity contribution in [1.29, 1.82) is 0 Å². The van der Waals surface area contributed by atoms with Crippen LogP contribution in [0.2, 0.25) is 0 Å². The molecule has 0 bridgehead atoms. The molecule has 126 valence electrons. The fraction of sp³-hybridized carbons (Fsp3) is 0.368. The lowest BCUT2D eigenvalue weighted by Gasteiger charge is -2.37. The Morgan fingerprint density at radius 2 is 2.08 bits per heavy atom. The van der Waals surface area contributed by atoms with Crippen molar-refractivity contribution >= 4 is 5.97 Å². The maximum atomic E-state index is 11.4. The monoisotopic (exact) mass is 326 g/mol. The summed E-state index contributed by atoms with van der Waals surface area (Å²) in [7, 11) is 1.65. The molecule has 3 rings (SSSR count). The first-order chi connectivity index (χ1) is 11.7. The van der Waals surface area contributed by atoms with Crippen LogP contribution in [0.15, 0.2) is 48.8 Å². The van der Waals surface area contributed by atoms with Gasteiger partial charge in [-0.15, -0.1) is 0 Å². The molecule has 2 aromatic rings. The number of carbonyl (C=O) groups is 1. The Morgan fingerprint density at radius 3 is 2.71 bits per heavy atom. The van der Waals surface area contributed by atoms with Gasteiger partial charge in [-0.1, -0.05) is 18.2 Å². The molecule has 1 N–H and O–H groups in total. The summed E-state index contributed by atoms with van der Waals surface area (Å²) in [4.78, 5) is 17.9. The van der Waals surface area contributed by atoms with Crippen LogP contribution < -0.4 is 4.74 Å². The molecule has 0 radical (unpaired) electrons. The molecule has 1 aromatic carbocycles. The molecule has 2 unspecified atom stereocenters. The lowest BCUT2D eigenvalue weighted by atomic mass is 9.92. The van der Waals surface area contributed by atoms with Gasteiger partial charge >= 0.3 is 5.97 Å². The molecule has 1 fully saturated rings. The highest BCUT2D eigenvalue weighted by atomic mass is 16.5. The average molecular weight is 326 g/mol. The zero-order chi connectivity index (χ0) is 16.9. The molecule has 0 amide bonds. The SMILES string of the molecule is COc1ccc(C(c2cccnc2)N2CCCC(C(=O)O)C2)cc1. The first kappa shape index (κ1) is 16.5. The van der Waals surface area contributed by atoms with Crippen LogP contribution in [0.5, 0.6) is 5.75 Å². The molecule has 0 saturated carbocycles. The van der Waals surface area contributed by atoms with Crippen molar-refractivity contribution in [2.24, 2.45) is 5.92 Å². The van der Waals surface area contributed by atoms with E-state index in [0.717, 1.165) is 36.3 Å². The van der Waals surface area contributed by atoms with Gasteiger partial charge in [-0.3, -0.25) is 14.7 Å². The number of carboxylic acids is 1. The number of carboxylic acid groups (broad SMARTS) is 1. The third kappa shape index (κ3) is 3.57. The third-order valence-corrected chi connectivity index (χ3v) is 4.60. The molecule has 1 aliphatic rings. The van der Waals surface area contributed by atoms with Crippen LogP contribution in [-0.2, 0) is 4.79 Å². The number of pyridine rings is 1. The molecule has 2 atom stereocenters. The van der Waals surface area contributed by atoms with E-state index >= 15 is 0 Å². The van der Waals surface area contributed by atoms with Crippen molar-refractivity contribution < 1.29 is 14.6 Å². The Labute approximate surface area is 141 Å². The number of likely N-dealkylation sites (tertiary alicyclic amines) is 1. The molecule has 0 spiro atoms. The van der Waals surface area contributed by atoms with Crippen molar-refractivity contribution in [3.8, 4) is 5.75 Å². The van der Waals surface area contributed by atoms with Crippen molar-refractivity contribution in [3.05, 3.63) is 59.9 Å². The van der Waals surface area contributed by atoms with E-state index in [2.05, 4.69) is 9.88 Å². The molecular formula is C19H22N2O3. The third-order valence-electron chi connectivity index (χ3n) is 4.60. The highest BCUT2D eigenvalue weighted by molar-refractivity contribution is 5.70. The summed E-state index contributed by atoms with van der Waals surface area (Å²) >= 11 is 0. The lowest BCUT2D eigenvalue weighted by molar-refractivity contribution is -0.143. The molecule has 24 heavy (non-hydrogen) atoms. The number of nitrogens with zero attached hydrogens (tertiary/aromatic N) is 2. The minimum Gasteiger partial charge on any atom is -0.497 e. The topological polar surface area (TPSA) is 62.7 Å². The van der Waals surface area contributed by atoms with E-state index in [1.807, 2.05) is 42.6 Å². The van der Waals surface area contributed by atoms with Gasteiger partial charge in [0.2, 0.25) is 0 Å². The molecule has 1 aromatic heterocycles. The van der Waals surface area contributed by atoms with Gasteiger partial charge in [0.25, 0.3) is 0 Å². The maximum absolute atomic E-state index is 11.4. The van der Waals surface area contributed by atoms with Crippen LogP contribution >= 0.6 is 0 Å². The van der Waals surface area contributed by atoms with Gasteiger partial charge in [-0.25, -0.2) is 0 Å². The number of hydrogen-bond acceptors (Lipinski definition) is 4. The molecule has 0 aliphatic carbocycles. The average Bonchev–Trinajstić information content (AvgIpc) is 2.64. The van der Waals surface area contributed by atoms with E-state index in [9.17, 15) is 9.90 Å². The maximum Gasteiger partial charge on any atom is 0.307 e. The lowest BCUT2D eigenvalue weighted by Crippen LogP contribution is -2.41. The molecule has 2 heterocycles. The summed E-state index contributed by atoms with van der Waals surface area (Å²) in [6.45, 7) is 1.44. The van der Waals surface area contributed by atoms with Gasteiger partial charge in [0.1, 0.15) is 5.75 Å². The normalized spacial score (nSPS) is 19.6. The quantitative estimate of drug-likeness (QED) is 0.915. The van der Waals surface area contributed by atoms with E-state index < -0.39 is 5.97 Å². The number of piperidine rings is 1. The zero-order valence-electron chi connectivity index (χ0n) is 13.8. The van der Waals surface area contributed by atoms with E-state index in [1.54, 1.807) is 13.3 Å². The van der Waals surface area contributed by atoms with Crippen LogP contribution in [-0.4, -0.2) is 41.2 Å². The van der Waals surface area contributed by atoms with E-state index in [1.165, 1.54) is 0 Å². The van der Waals surface area contributed by atoms with Crippen LogP contribution in [0.4, 0.5) is 0 Å². The Hall–Kier alpha value is -2.40. The zero-order valence-corrected chi connectivity index (χ0v) is 13.8. The van der Waals surface area contributed by atoms with Gasteiger partial charge in [0, 0.05) is 18.9 Å². The van der Waals surface area contributed by atoms with Crippen LogP contribution in [0.25, 0.3) is 0 Å². The summed E-state index contributed by atoms with van der Waals surface area (Å²) in [5, 5.41) is 9.39. The van der Waals surface area contributed by atoms with Crippen molar-refractivity contribution in [2.45, 2.75) is 18.9 Å². The van der Waals surface area contributed by atoms with Crippen molar-refractivity contribution in [1.82, 2.24) is 9.88 Å². The fourth-order valence-electron chi connectivity index (χ4n) is 3.38. The van der Waals surface area contributed by atoms with Crippen molar-refractivity contribution in [2.75, 3.05) is 20.2 Å². The van der Waals surface area contributed by atoms with E-state index in [-0.39, 0.29) is 12.0 Å². The second-order valence-electron chi connectivity index (χ2n) is 6.13. The van der Waals surface area contributed by atoms with Crippen LogP contribution in [0.3, 0.4) is 0 Å². The summed E-state index contributed by atoms with van der Waals surface area (Å²) in [5.74, 6) is -0.207. The standard InChI is InChI=1S/C19H22N2O3/c1-24-17-8-6-14(7-9-17)18(15-4-2-10-20-12-15)21-11-3-5-16(13-21)19(22)23/h2,4,6-10,12,16,18H,3,5,11,13H2,1H3,(H,22,23). The Kier molecular flexibility index (Phi) is 5.11. The van der Waals surface area contributed by atoms with Gasteiger partial charge in [0.15, 0.2) is 0 Å². The largest absolute Gasteiger partial charge is 0.497 e. The summed E-state index contributed by atoms with van der Waals surface area (Å²) in [6.07, 6.45) is 5.25. The Balaban J connectivity index is 1.94. The number of benzene rings is 1. The van der Waals surface area contributed by atoms with Crippen LogP contribution in [0, 0.1) is 5.92 Å². The summed E-state index contributed by atoms with van der Waals surface area (Å²) in [6, 6.07) is 11.9. The first-order valence-electron chi connectivity index (χ1n) is 8.20. The Morgan fingerprint density at radius 1 is 1.29 bits per heavy atom. The second-order valence-corrected chi connectivity index (χ2v) is 6.13. The predicted molar refractivity (Wildman–Crippen MR) is 91.0 cm³/mol. The predicted octanol–water partition coefficient (Wildman–Crippen LogP) is 2.98. The number of rotatable bonds is 5. The molecule has 1 saturated heterocycles. The first-order valence-corrected chi connectivity index (χ1v) is 8.20. The minimum atomic E-state index is -0.709. The van der Waals surface area contributed by atoms with Gasteiger partial charge in [0.05, 0.1) is 19.1 Å². The molecule has 5 nitrogen and oxygen atoms in total.